The van der Waals surface area contributed by atoms with Crippen molar-refractivity contribution in [2.75, 3.05) is 11.6 Å². The minimum Gasteiger partial charge on any atom is -0.325 e. The summed E-state index contributed by atoms with van der Waals surface area (Å²) < 4.78 is 0. The number of nitrogens with two attached hydrogens (primary N) is 1. The Labute approximate surface area is 98.4 Å². The van der Waals surface area contributed by atoms with Crippen molar-refractivity contribution in [2.45, 2.75) is 17.9 Å². The van der Waals surface area contributed by atoms with E-state index >= 15 is 0 Å². The fourth-order valence-corrected chi connectivity index (χ4v) is 1.87. The molecule has 0 heterocycles. The molecule has 0 saturated carbocycles. The molecule has 1 aromatic rings. The Kier molecular flexibility index (Phi) is 4.45. The second kappa shape index (κ2) is 5.39. The molecular weight excluding hydrogens is 232 g/mol. The van der Waals surface area contributed by atoms with Gasteiger partial charge in [-0.1, -0.05) is 11.6 Å². The average Bonchev–Trinajstić information content (AvgIpc) is 2.18. The van der Waals surface area contributed by atoms with Crippen LogP contribution in [0.3, 0.4) is 0 Å². The highest BCUT2D eigenvalue weighted by Crippen LogP contribution is 2.27. The molecule has 1 aromatic carbocycles. The first-order chi connectivity index (χ1) is 7.04. The lowest BCUT2D eigenvalue weighted by Gasteiger charge is -2.09. The highest BCUT2D eigenvalue weighted by atomic mass is 35.5. The van der Waals surface area contributed by atoms with Crippen LogP contribution in [0.5, 0.6) is 0 Å². The number of carbonyl (C=O) groups is 1. The van der Waals surface area contributed by atoms with Crippen LogP contribution in [-0.2, 0) is 4.79 Å². The molecule has 0 fully saturated rings. The predicted molar refractivity (Wildman–Crippen MR) is 65.5 cm³/mol. The van der Waals surface area contributed by atoms with E-state index in [2.05, 4.69) is 5.32 Å². The van der Waals surface area contributed by atoms with Crippen molar-refractivity contribution < 1.29 is 4.79 Å². The summed E-state index contributed by atoms with van der Waals surface area (Å²) in [6.45, 7) is 1.63. The zero-order valence-electron chi connectivity index (χ0n) is 8.58. The highest BCUT2D eigenvalue weighted by Gasteiger charge is 2.08. The van der Waals surface area contributed by atoms with Gasteiger partial charge in [0, 0.05) is 10.6 Å². The molecule has 0 saturated heterocycles. The van der Waals surface area contributed by atoms with Crippen LogP contribution >= 0.6 is 23.4 Å². The van der Waals surface area contributed by atoms with Crippen molar-refractivity contribution in [3.05, 3.63) is 23.2 Å². The Hall–Kier alpha value is -0.710. The number of anilines is 1. The van der Waals surface area contributed by atoms with Crippen LogP contribution in [0.1, 0.15) is 6.92 Å². The summed E-state index contributed by atoms with van der Waals surface area (Å²) in [5.41, 5.74) is 6.10. The van der Waals surface area contributed by atoms with Gasteiger partial charge in [-0.3, -0.25) is 4.79 Å². The summed E-state index contributed by atoms with van der Waals surface area (Å²) >= 11 is 7.55. The SMILES string of the molecule is CSc1ccc(NC(=O)[C@@H](C)N)cc1Cl. The van der Waals surface area contributed by atoms with Crippen LogP contribution < -0.4 is 11.1 Å². The van der Waals surface area contributed by atoms with Crippen LogP contribution in [0.15, 0.2) is 23.1 Å². The van der Waals surface area contributed by atoms with Gasteiger partial charge in [0.25, 0.3) is 0 Å². The molecule has 0 aliphatic heterocycles. The summed E-state index contributed by atoms with van der Waals surface area (Å²) in [6, 6.07) is 4.86. The molecule has 0 spiro atoms. The molecule has 0 unspecified atom stereocenters. The van der Waals surface area contributed by atoms with Crippen molar-refractivity contribution >= 4 is 35.0 Å². The molecule has 0 aromatic heterocycles. The van der Waals surface area contributed by atoms with E-state index in [4.69, 9.17) is 17.3 Å². The second-order valence-corrected chi connectivity index (χ2v) is 4.38. The van der Waals surface area contributed by atoms with E-state index < -0.39 is 6.04 Å². The Bertz CT molecular complexity index is 368. The van der Waals surface area contributed by atoms with Crippen LogP contribution in [-0.4, -0.2) is 18.2 Å². The van der Waals surface area contributed by atoms with E-state index in [1.165, 1.54) is 0 Å². The molecule has 3 N–H and O–H groups in total. The summed E-state index contributed by atoms with van der Waals surface area (Å²) in [4.78, 5) is 12.3. The number of thioether (sulfide) groups is 1. The predicted octanol–water partition coefficient (Wildman–Crippen LogP) is 2.35. The Morgan fingerprint density at radius 3 is 2.73 bits per heavy atom. The molecule has 0 aliphatic carbocycles. The first-order valence-electron chi connectivity index (χ1n) is 4.44. The molecule has 1 amide bonds. The number of halogens is 1. The molecule has 15 heavy (non-hydrogen) atoms. The summed E-state index contributed by atoms with van der Waals surface area (Å²) in [5, 5.41) is 3.31. The third kappa shape index (κ3) is 3.41. The Morgan fingerprint density at radius 1 is 1.60 bits per heavy atom. The number of amides is 1. The molecule has 0 radical (unpaired) electrons. The van der Waals surface area contributed by atoms with Gasteiger partial charge < -0.3 is 11.1 Å². The van der Waals surface area contributed by atoms with Gasteiger partial charge >= 0.3 is 0 Å². The van der Waals surface area contributed by atoms with Gasteiger partial charge in [0.15, 0.2) is 0 Å². The van der Waals surface area contributed by atoms with E-state index in [0.29, 0.717) is 10.7 Å². The molecule has 3 nitrogen and oxygen atoms in total. The normalized spacial score (nSPS) is 12.3. The topological polar surface area (TPSA) is 55.1 Å². The molecule has 0 aliphatic rings. The van der Waals surface area contributed by atoms with Crippen molar-refractivity contribution in [3.63, 3.8) is 0 Å². The van der Waals surface area contributed by atoms with E-state index in [-0.39, 0.29) is 5.91 Å². The van der Waals surface area contributed by atoms with Crippen LogP contribution in [0.2, 0.25) is 5.02 Å². The average molecular weight is 245 g/mol. The molecular formula is C10H13ClN2OS. The van der Waals surface area contributed by atoms with Gasteiger partial charge in [-0.15, -0.1) is 11.8 Å². The highest BCUT2D eigenvalue weighted by molar-refractivity contribution is 7.98. The third-order valence-electron chi connectivity index (χ3n) is 1.83. The van der Waals surface area contributed by atoms with Crippen LogP contribution in [0.25, 0.3) is 0 Å². The van der Waals surface area contributed by atoms with Gasteiger partial charge in [-0.05, 0) is 31.4 Å². The maximum Gasteiger partial charge on any atom is 0.240 e. The lowest BCUT2D eigenvalue weighted by molar-refractivity contribution is -0.117. The molecule has 5 heteroatoms. The minimum absolute atomic E-state index is 0.219. The third-order valence-corrected chi connectivity index (χ3v) is 3.05. The fourth-order valence-electron chi connectivity index (χ4n) is 1.00. The molecule has 0 bridgehead atoms. The summed E-state index contributed by atoms with van der Waals surface area (Å²) in [6.07, 6.45) is 1.95. The van der Waals surface area contributed by atoms with Crippen molar-refractivity contribution in [1.82, 2.24) is 0 Å². The standard InChI is InChI=1S/C10H13ClN2OS/c1-6(12)10(14)13-7-3-4-9(15-2)8(11)5-7/h3-6H,12H2,1-2H3,(H,13,14)/t6-/m1/s1. The Balaban J connectivity index is 2.80. The van der Waals surface area contributed by atoms with E-state index in [9.17, 15) is 4.79 Å². The second-order valence-electron chi connectivity index (χ2n) is 3.13. The van der Waals surface area contributed by atoms with Crippen LogP contribution in [0, 0.1) is 0 Å². The van der Waals surface area contributed by atoms with E-state index in [0.717, 1.165) is 4.90 Å². The lowest BCUT2D eigenvalue weighted by atomic mass is 10.3. The Morgan fingerprint density at radius 2 is 2.27 bits per heavy atom. The zero-order chi connectivity index (χ0) is 11.4. The number of hydrogen-bond donors (Lipinski definition) is 2. The summed E-state index contributed by atoms with van der Waals surface area (Å²) in [5.74, 6) is -0.219. The van der Waals surface area contributed by atoms with Gasteiger partial charge in [-0.25, -0.2) is 0 Å². The van der Waals surface area contributed by atoms with Crippen molar-refractivity contribution in [2.24, 2.45) is 5.73 Å². The number of carbonyl (C=O) groups excluding carboxylic acids is 1. The van der Waals surface area contributed by atoms with E-state index in [1.54, 1.807) is 30.8 Å². The number of benzene rings is 1. The quantitative estimate of drug-likeness (QED) is 0.803. The molecule has 1 rings (SSSR count). The van der Waals surface area contributed by atoms with Crippen molar-refractivity contribution in [1.29, 1.82) is 0 Å². The summed E-state index contributed by atoms with van der Waals surface area (Å²) in [7, 11) is 0. The van der Waals surface area contributed by atoms with Gasteiger partial charge in [0.1, 0.15) is 0 Å². The zero-order valence-corrected chi connectivity index (χ0v) is 10.2. The van der Waals surface area contributed by atoms with Gasteiger partial charge in [0.2, 0.25) is 5.91 Å². The maximum atomic E-state index is 11.3. The first kappa shape index (κ1) is 12.4. The smallest absolute Gasteiger partial charge is 0.240 e. The largest absolute Gasteiger partial charge is 0.325 e. The number of nitrogens with one attached hydrogen (secondary N) is 1. The molecule has 1 atom stereocenters. The molecule has 82 valence electrons. The lowest BCUT2D eigenvalue weighted by Crippen LogP contribution is -2.32. The number of hydrogen-bond acceptors (Lipinski definition) is 3. The monoisotopic (exact) mass is 244 g/mol. The minimum atomic E-state index is -0.524. The maximum absolute atomic E-state index is 11.3. The first-order valence-corrected chi connectivity index (χ1v) is 6.05. The number of rotatable bonds is 3. The van der Waals surface area contributed by atoms with Crippen LogP contribution in [0.4, 0.5) is 5.69 Å². The fraction of sp³-hybridized carbons (Fsp3) is 0.300. The van der Waals surface area contributed by atoms with Gasteiger partial charge in [0.05, 0.1) is 11.1 Å². The van der Waals surface area contributed by atoms with Crippen molar-refractivity contribution in [3.8, 4) is 0 Å². The van der Waals surface area contributed by atoms with E-state index in [1.807, 2.05) is 12.3 Å². The van der Waals surface area contributed by atoms with Gasteiger partial charge in [-0.2, -0.15) is 0 Å².